The van der Waals surface area contributed by atoms with Crippen molar-refractivity contribution in [2.75, 3.05) is 5.32 Å². The number of aromatic nitrogens is 1. The fourth-order valence-electron chi connectivity index (χ4n) is 1.82. The molecular weight excluding hydrogens is 348 g/mol. The lowest BCUT2D eigenvalue weighted by Crippen LogP contribution is -2.26. The number of hydrogen-bond acceptors (Lipinski definition) is 7. The van der Waals surface area contributed by atoms with Crippen molar-refractivity contribution in [3.63, 3.8) is 0 Å². The van der Waals surface area contributed by atoms with E-state index in [0.29, 0.717) is 5.69 Å². The molecule has 0 aliphatic carbocycles. The minimum Gasteiger partial charge on any atom is -0.545 e. The first kappa shape index (κ1) is 18.1. The number of anilines is 1. The van der Waals surface area contributed by atoms with Crippen LogP contribution < -0.4 is 15.3 Å². The molecule has 1 aromatic carbocycles. The van der Waals surface area contributed by atoms with Crippen molar-refractivity contribution in [1.82, 2.24) is 9.82 Å². The predicted octanol–water partition coefficient (Wildman–Crippen LogP) is -0.284. The van der Waals surface area contributed by atoms with Gasteiger partial charge in [-0.25, -0.2) is 4.83 Å². The Balaban J connectivity index is 2.26. The smallest absolute Gasteiger partial charge is 0.276 e. The molecule has 0 saturated carbocycles. The fourth-order valence-corrected chi connectivity index (χ4v) is 2.64. The summed E-state index contributed by atoms with van der Waals surface area (Å²) in [5, 5.41) is 17.0. The molecule has 1 amide bonds. The normalized spacial score (nSPS) is 11.2. The van der Waals surface area contributed by atoms with Crippen molar-refractivity contribution < 1.29 is 23.1 Å². The van der Waals surface area contributed by atoms with Gasteiger partial charge in [0, 0.05) is 24.4 Å². The first-order valence-corrected chi connectivity index (χ1v) is 8.37. The van der Waals surface area contributed by atoms with E-state index in [1.54, 1.807) is 18.2 Å². The number of nitrogens with zero attached hydrogens (tertiary/aromatic N) is 2. The van der Waals surface area contributed by atoms with Crippen molar-refractivity contribution in [3.05, 3.63) is 53.9 Å². The Hall–Kier alpha value is -3.27. The van der Waals surface area contributed by atoms with Gasteiger partial charge in [-0.3, -0.25) is 9.78 Å². The van der Waals surface area contributed by atoms with Gasteiger partial charge in [-0.1, -0.05) is 6.07 Å². The van der Waals surface area contributed by atoms with Gasteiger partial charge in [0.1, 0.15) is 0 Å². The molecule has 0 aliphatic rings. The van der Waals surface area contributed by atoms with E-state index in [1.165, 1.54) is 19.3 Å². The SMILES string of the molecule is CC(=O)Nc1ccc(S(=O)(=O)N/N=C\c2ccccn2)cc1C(=O)[O-]. The molecule has 2 N–H and O–H groups in total. The van der Waals surface area contributed by atoms with Crippen LogP contribution in [-0.4, -0.2) is 31.5 Å². The molecule has 0 saturated heterocycles. The van der Waals surface area contributed by atoms with Crippen LogP contribution in [0.5, 0.6) is 0 Å². The number of carbonyl (C=O) groups is 2. The second-order valence-corrected chi connectivity index (χ2v) is 6.44. The molecule has 2 rings (SSSR count). The third-order valence-corrected chi connectivity index (χ3v) is 4.11. The van der Waals surface area contributed by atoms with Crippen molar-refractivity contribution >= 4 is 33.8 Å². The summed E-state index contributed by atoms with van der Waals surface area (Å²) >= 11 is 0. The standard InChI is InChI=1S/C15H14N4O5S/c1-10(20)18-14-6-5-12(8-13(14)15(21)22)25(23,24)19-17-9-11-4-2-3-7-16-11/h2-9,19H,1H3,(H,18,20)(H,21,22)/p-1/b17-9-. The summed E-state index contributed by atoms with van der Waals surface area (Å²) in [6, 6.07) is 8.18. The molecule has 0 radical (unpaired) electrons. The lowest BCUT2D eigenvalue weighted by Gasteiger charge is -2.12. The number of sulfonamides is 1. The zero-order valence-electron chi connectivity index (χ0n) is 13.0. The minimum atomic E-state index is -4.11. The van der Waals surface area contributed by atoms with Crippen LogP contribution in [-0.2, 0) is 14.8 Å². The quantitative estimate of drug-likeness (QED) is 0.535. The highest BCUT2D eigenvalue weighted by Gasteiger charge is 2.16. The zero-order chi connectivity index (χ0) is 18.4. The number of benzene rings is 1. The Morgan fingerprint density at radius 1 is 1.24 bits per heavy atom. The first-order valence-electron chi connectivity index (χ1n) is 6.88. The number of aromatic carboxylic acids is 1. The second kappa shape index (κ2) is 7.53. The third-order valence-electron chi connectivity index (χ3n) is 2.89. The highest BCUT2D eigenvalue weighted by molar-refractivity contribution is 7.89. The zero-order valence-corrected chi connectivity index (χ0v) is 13.8. The largest absolute Gasteiger partial charge is 0.545 e. The van der Waals surface area contributed by atoms with E-state index in [9.17, 15) is 23.1 Å². The monoisotopic (exact) mass is 361 g/mol. The summed E-state index contributed by atoms with van der Waals surface area (Å²) in [5.41, 5.74) is -0.100. The van der Waals surface area contributed by atoms with Crippen molar-refractivity contribution in [2.45, 2.75) is 11.8 Å². The highest BCUT2D eigenvalue weighted by atomic mass is 32.2. The Morgan fingerprint density at radius 3 is 2.60 bits per heavy atom. The molecule has 9 nitrogen and oxygen atoms in total. The number of carbonyl (C=O) groups excluding carboxylic acids is 2. The molecule has 130 valence electrons. The maximum Gasteiger partial charge on any atom is 0.276 e. The van der Waals surface area contributed by atoms with E-state index in [0.717, 1.165) is 18.2 Å². The first-order chi connectivity index (χ1) is 11.8. The molecule has 0 spiro atoms. The lowest BCUT2D eigenvalue weighted by atomic mass is 10.2. The summed E-state index contributed by atoms with van der Waals surface area (Å²) in [5.74, 6) is -2.13. The molecule has 0 aliphatic heterocycles. The predicted molar refractivity (Wildman–Crippen MR) is 87.2 cm³/mol. The van der Waals surface area contributed by atoms with Crippen molar-refractivity contribution in [2.24, 2.45) is 5.10 Å². The number of carboxylic acid groups (broad SMARTS) is 1. The van der Waals surface area contributed by atoms with Gasteiger partial charge >= 0.3 is 0 Å². The molecule has 0 bridgehead atoms. The van der Waals surface area contributed by atoms with Crippen molar-refractivity contribution in [1.29, 1.82) is 0 Å². The molecule has 1 heterocycles. The Morgan fingerprint density at radius 2 is 2.00 bits per heavy atom. The number of pyridine rings is 1. The van der Waals surface area contributed by atoms with E-state index in [2.05, 4.69) is 15.4 Å². The molecule has 0 atom stereocenters. The molecule has 10 heteroatoms. The summed E-state index contributed by atoms with van der Waals surface area (Å²) in [7, 11) is -4.11. The lowest BCUT2D eigenvalue weighted by molar-refractivity contribution is -0.254. The number of hydrazone groups is 1. The van der Waals surface area contributed by atoms with Gasteiger partial charge < -0.3 is 15.2 Å². The van der Waals surface area contributed by atoms with Gasteiger partial charge in [-0.2, -0.15) is 13.5 Å². The van der Waals surface area contributed by atoms with Crippen LogP contribution in [0.25, 0.3) is 0 Å². The minimum absolute atomic E-state index is 0.0663. The number of rotatable bonds is 6. The number of amides is 1. The van der Waals surface area contributed by atoms with Crippen LogP contribution in [0.15, 0.2) is 52.6 Å². The molecule has 1 aromatic heterocycles. The summed E-state index contributed by atoms with van der Waals surface area (Å²) < 4.78 is 24.4. The molecule has 0 fully saturated rings. The van der Waals surface area contributed by atoms with E-state index >= 15 is 0 Å². The van der Waals surface area contributed by atoms with E-state index in [4.69, 9.17) is 0 Å². The van der Waals surface area contributed by atoms with Crippen LogP contribution >= 0.6 is 0 Å². The highest BCUT2D eigenvalue weighted by Crippen LogP contribution is 2.20. The van der Waals surface area contributed by atoms with Gasteiger partial charge in [0.05, 0.1) is 22.8 Å². The molecule has 25 heavy (non-hydrogen) atoms. The Labute approximate surface area is 143 Å². The number of nitrogens with one attached hydrogen (secondary N) is 2. The Bertz CT molecular complexity index is 926. The van der Waals surface area contributed by atoms with Gasteiger partial charge in [0.15, 0.2) is 0 Å². The Kier molecular flexibility index (Phi) is 5.45. The van der Waals surface area contributed by atoms with Crippen LogP contribution in [0.4, 0.5) is 5.69 Å². The van der Waals surface area contributed by atoms with Crippen LogP contribution in [0.3, 0.4) is 0 Å². The fraction of sp³-hybridized carbons (Fsp3) is 0.0667. The van der Waals surface area contributed by atoms with Gasteiger partial charge in [-0.05, 0) is 30.3 Å². The summed E-state index contributed by atoms with van der Waals surface area (Å²) in [4.78, 5) is 27.8. The average molecular weight is 361 g/mol. The van der Waals surface area contributed by atoms with E-state index in [1.807, 2.05) is 4.83 Å². The van der Waals surface area contributed by atoms with Gasteiger partial charge in [0.25, 0.3) is 10.0 Å². The van der Waals surface area contributed by atoms with Crippen LogP contribution in [0.2, 0.25) is 0 Å². The van der Waals surface area contributed by atoms with E-state index in [-0.39, 0.29) is 10.6 Å². The average Bonchev–Trinajstić information content (AvgIpc) is 2.55. The van der Waals surface area contributed by atoms with Gasteiger partial charge in [0.2, 0.25) is 5.91 Å². The van der Waals surface area contributed by atoms with E-state index < -0.39 is 27.5 Å². The molecular formula is C15H13N4O5S-. The summed E-state index contributed by atoms with van der Waals surface area (Å²) in [6.07, 6.45) is 2.71. The van der Waals surface area contributed by atoms with Crippen LogP contribution in [0.1, 0.15) is 23.0 Å². The van der Waals surface area contributed by atoms with Gasteiger partial charge in [-0.15, -0.1) is 0 Å². The maximum atomic E-state index is 12.2. The number of carboxylic acids is 1. The number of hydrogen-bond donors (Lipinski definition) is 2. The maximum absolute atomic E-state index is 12.2. The molecule has 2 aromatic rings. The van der Waals surface area contributed by atoms with Crippen molar-refractivity contribution in [3.8, 4) is 0 Å². The molecule has 0 unspecified atom stereocenters. The second-order valence-electron chi connectivity index (χ2n) is 4.78. The van der Waals surface area contributed by atoms with Crippen LogP contribution in [0, 0.1) is 0 Å². The summed E-state index contributed by atoms with van der Waals surface area (Å²) in [6.45, 7) is 1.19. The topological polar surface area (TPSA) is 141 Å². The third kappa shape index (κ3) is 4.85.